The molecule has 0 spiro atoms. The van der Waals surface area contributed by atoms with Gasteiger partial charge >= 0.3 is 0 Å². The van der Waals surface area contributed by atoms with Crippen LogP contribution in [0.2, 0.25) is 0 Å². The lowest BCUT2D eigenvalue weighted by molar-refractivity contribution is 0.452. The van der Waals surface area contributed by atoms with Gasteiger partial charge in [-0.15, -0.1) is 0 Å². The molecule has 4 nitrogen and oxygen atoms in total. The van der Waals surface area contributed by atoms with Crippen LogP contribution in [0.15, 0.2) is 41.0 Å². The zero-order chi connectivity index (χ0) is 14.1. The molecule has 0 fully saturated rings. The molecular weight excluding hydrogens is 270 g/mol. The second-order valence-corrected chi connectivity index (χ2v) is 5.16. The standard InChI is InChI=1S/C15H13N3OS/c1-10(7-12-3-2-6-19-12)18-14-8-11(9-16)4-5-13(14)17-15(18)20/h2-6,8,10H,7H2,1H3,(H,17,20). The lowest BCUT2D eigenvalue weighted by Gasteiger charge is -2.13. The molecule has 0 aliphatic carbocycles. The molecule has 100 valence electrons. The number of hydrogen-bond acceptors (Lipinski definition) is 3. The molecule has 1 N–H and O–H groups in total. The molecule has 5 heteroatoms. The van der Waals surface area contributed by atoms with Crippen molar-refractivity contribution >= 4 is 23.3 Å². The number of nitrogens with zero attached hydrogens (tertiary/aromatic N) is 2. The molecule has 1 atom stereocenters. The van der Waals surface area contributed by atoms with Gasteiger partial charge in [0.25, 0.3) is 0 Å². The fraction of sp³-hybridized carbons (Fsp3) is 0.200. The minimum Gasteiger partial charge on any atom is -0.469 e. The molecule has 0 aliphatic heterocycles. The van der Waals surface area contributed by atoms with Gasteiger partial charge in [-0.05, 0) is 49.5 Å². The van der Waals surface area contributed by atoms with Gasteiger partial charge in [-0.1, -0.05) is 0 Å². The first-order chi connectivity index (χ1) is 9.69. The van der Waals surface area contributed by atoms with Gasteiger partial charge in [-0.25, -0.2) is 0 Å². The van der Waals surface area contributed by atoms with Gasteiger partial charge in [-0.2, -0.15) is 5.26 Å². The summed E-state index contributed by atoms with van der Waals surface area (Å²) in [6.45, 7) is 2.09. The van der Waals surface area contributed by atoms with Crippen LogP contribution in [0.4, 0.5) is 0 Å². The van der Waals surface area contributed by atoms with Gasteiger partial charge in [0.05, 0.1) is 28.9 Å². The van der Waals surface area contributed by atoms with Crippen LogP contribution in [0.25, 0.3) is 11.0 Å². The maximum Gasteiger partial charge on any atom is 0.178 e. The van der Waals surface area contributed by atoms with Crippen LogP contribution in [0.1, 0.15) is 24.3 Å². The summed E-state index contributed by atoms with van der Waals surface area (Å²) >= 11 is 5.40. The van der Waals surface area contributed by atoms with E-state index in [1.54, 1.807) is 12.3 Å². The lowest BCUT2D eigenvalue weighted by atomic mass is 10.1. The number of H-pyrrole nitrogens is 1. The topological polar surface area (TPSA) is 57.6 Å². The van der Waals surface area contributed by atoms with E-state index in [0.29, 0.717) is 10.3 Å². The summed E-state index contributed by atoms with van der Waals surface area (Å²) in [5.74, 6) is 0.921. The van der Waals surface area contributed by atoms with E-state index in [1.807, 2.05) is 28.8 Å². The normalized spacial score (nSPS) is 12.4. The largest absolute Gasteiger partial charge is 0.469 e. The quantitative estimate of drug-likeness (QED) is 0.740. The summed E-state index contributed by atoms with van der Waals surface area (Å²) in [6.07, 6.45) is 2.43. The van der Waals surface area contributed by atoms with Crippen molar-refractivity contribution in [3.8, 4) is 6.07 Å². The van der Waals surface area contributed by atoms with E-state index in [2.05, 4.69) is 18.0 Å². The van der Waals surface area contributed by atoms with Crippen molar-refractivity contribution in [3.63, 3.8) is 0 Å². The number of hydrogen-bond donors (Lipinski definition) is 1. The minimum atomic E-state index is 0.149. The molecule has 0 bridgehead atoms. The fourth-order valence-corrected chi connectivity index (χ4v) is 2.83. The maximum absolute atomic E-state index is 9.03. The Hall–Kier alpha value is -2.32. The zero-order valence-electron chi connectivity index (χ0n) is 11.0. The monoisotopic (exact) mass is 283 g/mol. The highest BCUT2D eigenvalue weighted by Crippen LogP contribution is 2.23. The van der Waals surface area contributed by atoms with Crippen molar-refractivity contribution in [1.82, 2.24) is 9.55 Å². The number of nitrogens with one attached hydrogen (secondary N) is 1. The second-order valence-electron chi connectivity index (χ2n) is 4.78. The Morgan fingerprint density at radius 2 is 2.30 bits per heavy atom. The van der Waals surface area contributed by atoms with E-state index in [0.717, 1.165) is 23.2 Å². The molecule has 20 heavy (non-hydrogen) atoms. The first-order valence-electron chi connectivity index (χ1n) is 6.36. The smallest absolute Gasteiger partial charge is 0.178 e. The van der Waals surface area contributed by atoms with Crippen LogP contribution in [-0.4, -0.2) is 9.55 Å². The van der Waals surface area contributed by atoms with Gasteiger partial charge in [0.1, 0.15) is 5.76 Å². The number of nitriles is 1. The predicted molar refractivity (Wildman–Crippen MR) is 79.0 cm³/mol. The third kappa shape index (κ3) is 2.15. The number of benzene rings is 1. The van der Waals surface area contributed by atoms with Gasteiger partial charge in [0, 0.05) is 12.5 Å². The van der Waals surface area contributed by atoms with Gasteiger partial charge in [-0.3, -0.25) is 0 Å². The molecule has 2 heterocycles. The number of rotatable bonds is 3. The molecule has 0 saturated heterocycles. The fourth-order valence-electron chi connectivity index (χ4n) is 2.44. The van der Waals surface area contributed by atoms with Crippen LogP contribution in [0.3, 0.4) is 0 Å². The lowest BCUT2D eigenvalue weighted by Crippen LogP contribution is -2.08. The summed E-state index contributed by atoms with van der Waals surface area (Å²) < 4.78 is 8.09. The first-order valence-corrected chi connectivity index (χ1v) is 6.76. The van der Waals surface area contributed by atoms with Crippen LogP contribution < -0.4 is 0 Å². The van der Waals surface area contributed by atoms with Crippen molar-refractivity contribution in [2.24, 2.45) is 0 Å². The number of aromatic amines is 1. The average molecular weight is 283 g/mol. The Labute approximate surface area is 121 Å². The Bertz CT molecular complexity index is 836. The van der Waals surface area contributed by atoms with Gasteiger partial charge in [0.2, 0.25) is 0 Å². The van der Waals surface area contributed by atoms with Crippen LogP contribution in [0, 0.1) is 16.1 Å². The van der Waals surface area contributed by atoms with Crippen molar-refractivity contribution in [1.29, 1.82) is 5.26 Å². The molecule has 0 aliphatic rings. The predicted octanol–water partition coefficient (Wildman–Crippen LogP) is 3.97. The zero-order valence-corrected chi connectivity index (χ0v) is 11.8. The maximum atomic E-state index is 9.03. The molecule has 0 amide bonds. The van der Waals surface area contributed by atoms with E-state index >= 15 is 0 Å². The van der Waals surface area contributed by atoms with Crippen molar-refractivity contribution < 1.29 is 4.42 Å². The first kappa shape index (κ1) is 12.7. The summed E-state index contributed by atoms with van der Waals surface area (Å²) in [5, 5.41) is 9.03. The van der Waals surface area contributed by atoms with Crippen LogP contribution in [-0.2, 0) is 6.42 Å². The van der Waals surface area contributed by atoms with Gasteiger partial charge in [0.15, 0.2) is 4.77 Å². The Kier molecular flexibility index (Phi) is 3.17. The highest BCUT2D eigenvalue weighted by atomic mass is 32.1. The molecule has 2 aromatic heterocycles. The molecule has 3 aromatic rings. The van der Waals surface area contributed by atoms with Crippen molar-refractivity contribution in [2.45, 2.75) is 19.4 Å². The van der Waals surface area contributed by atoms with E-state index in [4.69, 9.17) is 21.9 Å². The molecule has 0 radical (unpaired) electrons. The molecular formula is C15H13N3OS. The summed E-state index contributed by atoms with van der Waals surface area (Å²) in [7, 11) is 0. The average Bonchev–Trinajstić information content (AvgIpc) is 3.04. The molecule has 1 aromatic carbocycles. The van der Waals surface area contributed by atoms with Crippen molar-refractivity contribution in [2.75, 3.05) is 0 Å². The van der Waals surface area contributed by atoms with E-state index in [-0.39, 0.29) is 6.04 Å². The van der Waals surface area contributed by atoms with E-state index in [9.17, 15) is 0 Å². The minimum absolute atomic E-state index is 0.149. The van der Waals surface area contributed by atoms with Crippen molar-refractivity contribution in [3.05, 3.63) is 52.7 Å². The summed E-state index contributed by atoms with van der Waals surface area (Å²) in [5.41, 5.74) is 2.53. The number of fused-ring (bicyclic) bond motifs is 1. The Morgan fingerprint density at radius 1 is 1.45 bits per heavy atom. The number of aromatic nitrogens is 2. The number of furan rings is 1. The number of imidazole rings is 1. The van der Waals surface area contributed by atoms with Crippen LogP contribution >= 0.6 is 12.2 Å². The summed E-state index contributed by atoms with van der Waals surface area (Å²) in [6, 6.07) is 11.7. The summed E-state index contributed by atoms with van der Waals surface area (Å²) in [4.78, 5) is 3.18. The Balaban J connectivity index is 2.08. The third-order valence-corrected chi connectivity index (χ3v) is 3.66. The third-order valence-electron chi connectivity index (χ3n) is 3.36. The Morgan fingerprint density at radius 3 is 3.00 bits per heavy atom. The SMILES string of the molecule is CC(Cc1ccco1)n1c(=S)[nH]c2ccc(C#N)cc21. The molecule has 0 saturated carbocycles. The van der Waals surface area contributed by atoms with Crippen LogP contribution in [0.5, 0.6) is 0 Å². The van der Waals surface area contributed by atoms with E-state index < -0.39 is 0 Å². The molecule has 1 unspecified atom stereocenters. The van der Waals surface area contributed by atoms with Gasteiger partial charge < -0.3 is 14.0 Å². The van der Waals surface area contributed by atoms with E-state index in [1.165, 1.54) is 0 Å². The highest BCUT2D eigenvalue weighted by molar-refractivity contribution is 7.71. The second kappa shape index (κ2) is 4.99. The highest BCUT2D eigenvalue weighted by Gasteiger charge is 2.13. The molecule has 3 rings (SSSR count).